The van der Waals surface area contributed by atoms with Crippen LogP contribution in [0.1, 0.15) is 28.0 Å². The van der Waals surface area contributed by atoms with Crippen LogP contribution in [0.25, 0.3) is 0 Å². The van der Waals surface area contributed by atoms with Crippen molar-refractivity contribution in [1.29, 1.82) is 0 Å². The Balaban J connectivity index is 0.000000292. The zero-order chi connectivity index (χ0) is 21.5. The number of thiophene rings is 1. The summed E-state index contributed by atoms with van der Waals surface area (Å²) in [7, 11) is 4.31. The Morgan fingerprint density at radius 1 is 1.21 bits per heavy atom. The molecule has 1 aromatic heterocycles. The highest BCUT2D eigenvalue weighted by Gasteiger charge is 2.32. The van der Waals surface area contributed by atoms with Gasteiger partial charge in [-0.25, -0.2) is 8.93 Å². The molecule has 0 spiro atoms. The van der Waals surface area contributed by atoms with E-state index in [-0.39, 0.29) is 0 Å². The van der Waals surface area contributed by atoms with E-state index in [1.807, 2.05) is 32.8 Å². The van der Waals surface area contributed by atoms with Gasteiger partial charge in [0.2, 0.25) is 0 Å². The second kappa shape index (κ2) is 11.3. The van der Waals surface area contributed by atoms with Crippen LogP contribution in [0, 0.1) is 13.8 Å². The Hall–Kier alpha value is -0.930. The van der Waals surface area contributed by atoms with Crippen LogP contribution in [0.15, 0.2) is 29.2 Å². The van der Waals surface area contributed by atoms with Crippen molar-refractivity contribution < 1.29 is 17.4 Å². The van der Waals surface area contributed by atoms with Crippen molar-refractivity contribution in [3.05, 3.63) is 50.2 Å². The molecule has 2 rings (SSSR count). The lowest BCUT2D eigenvalue weighted by Crippen LogP contribution is -2.15. The van der Waals surface area contributed by atoms with E-state index in [0.29, 0.717) is 16.3 Å². The molecule has 158 valence electrons. The lowest BCUT2D eigenvalue weighted by molar-refractivity contribution is -0.138. The SMILES string of the molecule is CN(C)CCCc1ccccc1C(F)(F)F.CNS(=O)c1c(Cl)sc(C)c1C. The molecule has 0 fully saturated rings. The summed E-state index contributed by atoms with van der Waals surface area (Å²) >= 11 is 7.38. The highest BCUT2D eigenvalue weighted by atomic mass is 35.5. The maximum Gasteiger partial charge on any atom is 0.416 e. The molecule has 1 unspecified atom stereocenters. The zero-order valence-electron chi connectivity index (χ0n) is 16.6. The number of hydrogen-bond acceptors (Lipinski definition) is 3. The first kappa shape index (κ1) is 25.1. The maximum absolute atomic E-state index is 12.6. The number of alkyl halides is 3. The summed E-state index contributed by atoms with van der Waals surface area (Å²) in [6, 6.07) is 5.78. The molecule has 9 heteroatoms. The normalized spacial score (nSPS) is 12.6. The molecule has 0 saturated heterocycles. The van der Waals surface area contributed by atoms with Crippen molar-refractivity contribution in [2.45, 2.75) is 37.8 Å². The Morgan fingerprint density at radius 3 is 2.29 bits per heavy atom. The number of nitrogens with zero attached hydrogens (tertiary/aromatic N) is 1. The predicted molar refractivity (Wildman–Crippen MR) is 113 cm³/mol. The molecule has 0 aliphatic carbocycles. The molecular weight excluding hydrogens is 429 g/mol. The van der Waals surface area contributed by atoms with Gasteiger partial charge in [-0.05, 0) is 71.6 Å². The fraction of sp³-hybridized carbons (Fsp3) is 0.474. The fourth-order valence-electron chi connectivity index (χ4n) is 2.48. The number of benzene rings is 1. The molecule has 1 aromatic carbocycles. The molecule has 0 bridgehead atoms. The predicted octanol–water partition coefficient (Wildman–Crippen LogP) is 5.46. The van der Waals surface area contributed by atoms with Crippen LogP contribution in [0.2, 0.25) is 4.34 Å². The highest BCUT2D eigenvalue weighted by molar-refractivity contribution is 7.83. The number of nitrogens with one attached hydrogen (secondary N) is 1. The quantitative estimate of drug-likeness (QED) is 0.628. The van der Waals surface area contributed by atoms with E-state index in [1.54, 1.807) is 19.2 Å². The molecule has 28 heavy (non-hydrogen) atoms. The molecule has 0 amide bonds. The number of hydrogen-bond donors (Lipinski definition) is 1. The molecule has 0 aliphatic rings. The molecule has 0 saturated carbocycles. The monoisotopic (exact) mass is 454 g/mol. The van der Waals surface area contributed by atoms with Crippen molar-refractivity contribution in [2.24, 2.45) is 0 Å². The summed E-state index contributed by atoms with van der Waals surface area (Å²) in [5, 5.41) is 0. The van der Waals surface area contributed by atoms with Gasteiger partial charge in [-0.3, -0.25) is 0 Å². The molecule has 0 radical (unpaired) electrons. The Bertz CT molecular complexity index is 792. The lowest BCUT2D eigenvalue weighted by Gasteiger charge is -2.13. The van der Waals surface area contributed by atoms with Gasteiger partial charge in [-0.2, -0.15) is 13.2 Å². The molecule has 3 nitrogen and oxygen atoms in total. The molecule has 1 atom stereocenters. The molecule has 0 aliphatic heterocycles. The van der Waals surface area contributed by atoms with Gasteiger partial charge < -0.3 is 4.90 Å². The number of halogens is 4. The van der Waals surface area contributed by atoms with Gasteiger partial charge >= 0.3 is 6.18 Å². The van der Waals surface area contributed by atoms with Crippen LogP contribution in [0.3, 0.4) is 0 Å². The van der Waals surface area contributed by atoms with E-state index in [2.05, 4.69) is 4.72 Å². The van der Waals surface area contributed by atoms with E-state index >= 15 is 0 Å². The minimum absolute atomic E-state index is 0.386. The summed E-state index contributed by atoms with van der Waals surface area (Å²) in [5.41, 5.74) is 0.906. The Kier molecular flexibility index (Phi) is 10.1. The van der Waals surface area contributed by atoms with Crippen LogP contribution in [0.4, 0.5) is 13.2 Å². The van der Waals surface area contributed by atoms with E-state index < -0.39 is 22.7 Å². The summed E-state index contributed by atoms with van der Waals surface area (Å²) < 4.78 is 52.6. The first-order valence-corrected chi connectivity index (χ1v) is 11.0. The molecular formula is C19H26ClF3N2OS2. The number of rotatable bonds is 6. The van der Waals surface area contributed by atoms with Gasteiger partial charge in [-0.15, -0.1) is 11.3 Å². The third kappa shape index (κ3) is 7.48. The first-order chi connectivity index (χ1) is 13.0. The fourth-order valence-corrected chi connectivity index (χ4v) is 5.15. The Morgan fingerprint density at radius 2 is 1.82 bits per heavy atom. The maximum atomic E-state index is 12.6. The zero-order valence-corrected chi connectivity index (χ0v) is 19.0. The van der Waals surface area contributed by atoms with E-state index in [4.69, 9.17) is 11.6 Å². The van der Waals surface area contributed by atoms with Gasteiger partial charge in [0.15, 0.2) is 0 Å². The van der Waals surface area contributed by atoms with Crippen LogP contribution < -0.4 is 4.72 Å². The third-order valence-corrected chi connectivity index (χ3v) is 6.94. The summed E-state index contributed by atoms with van der Waals surface area (Å²) in [6.45, 7) is 4.71. The van der Waals surface area contributed by atoms with E-state index in [0.717, 1.165) is 34.4 Å². The summed E-state index contributed by atoms with van der Waals surface area (Å²) in [6.07, 6.45) is -3.04. The standard InChI is InChI=1S/C12H16F3N.C7H10ClNOS2/c1-16(2)9-5-7-10-6-3-4-8-11(10)12(13,14)15;1-4-5(2)11-7(8)6(4)12(10)9-3/h3-4,6,8H,5,7,9H2,1-2H3;9H,1-3H3. The largest absolute Gasteiger partial charge is 0.416 e. The molecule has 1 N–H and O–H groups in total. The van der Waals surface area contributed by atoms with Crippen LogP contribution in [-0.4, -0.2) is 36.8 Å². The molecule has 2 aromatic rings. The van der Waals surface area contributed by atoms with Crippen molar-refractivity contribution >= 4 is 33.9 Å². The second-order valence-corrected chi connectivity index (χ2v) is 9.60. The van der Waals surface area contributed by atoms with Crippen LogP contribution in [0.5, 0.6) is 0 Å². The average molecular weight is 455 g/mol. The van der Waals surface area contributed by atoms with Crippen molar-refractivity contribution in [3.63, 3.8) is 0 Å². The van der Waals surface area contributed by atoms with Gasteiger partial charge in [0, 0.05) is 4.88 Å². The van der Waals surface area contributed by atoms with E-state index in [9.17, 15) is 17.4 Å². The van der Waals surface area contributed by atoms with Crippen LogP contribution in [-0.2, 0) is 23.6 Å². The van der Waals surface area contributed by atoms with Gasteiger partial charge in [0.25, 0.3) is 0 Å². The van der Waals surface area contributed by atoms with Gasteiger partial charge in [0.05, 0.1) is 10.5 Å². The lowest BCUT2D eigenvalue weighted by atomic mass is 10.0. The van der Waals surface area contributed by atoms with Crippen molar-refractivity contribution in [2.75, 3.05) is 27.7 Å². The smallest absolute Gasteiger partial charge is 0.309 e. The molecule has 1 heterocycles. The second-order valence-electron chi connectivity index (χ2n) is 6.42. The minimum Gasteiger partial charge on any atom is -0.309 e. The van der Waals surface area contributed by atoms with Gasteiger partial charge in [-0.1, -0.05) is 29.8 Å². The van der Waals surface area contributed by atoms with Crippen molar-refractivity contribution in [1.82, 2.24) is 9.62 Å². The topological polar surface area (TPSA) is 32.3 Å². The third-order valence-electron chi connectivity index (χ3n) is 4.03. The average Bonchev–Trinajstić information content (AvgIpc) is 2.86. The minimum atomic E-state index is -4.24. The summed E-state index contributed by atoms with van der Waals surface area (Å²) in [5.74, 6) is 0. The van der Waals surface area contributed by atoms with Gasteiger partial charge in [0.1, 0.15) is 15.3 Å². The van der Waals surface area contributed by atoms with Crippen molar-refractivity contribution in [3.8, 4) is 0 Å². The van der Waals surface area contributed by atoms with Crippen LogP contribution >= 0.6 is 22.9 Å². The number of aryl methyl sites for hydroxylation is 2. The Labute approximate surface area is 176 Å². The summed E-state index contributed by atoms with van der Waals surface area (Å²) in [4.78, 5) is 3.82. The highest BCUT2D eigenvalue weighted by Crippen LogP contribution is 2.34. The van der Waals surface area contributed by atoms with E-state index in [1.165, 1.54) is 17.4 Å². The first-order valence-electron chi connectivity index (χ1n) is 8.63.